The van der Waals surface area contributed by atoms with Gasteiger partial charge in [-0.2, -0.15) is 0 Å². The summed E-state index contributed by atoms with van der Waals surface area (Å²) in [5, 5.41) is 5.53. The number of para-hydroxylation sites is 1. The molecular formula is C18H14N4O. The van der Waals surface area contributed by atoms with Crippen LogP contribution in [0.25, 0.3) is 10.9 Å². The number of fused-ring (bicyclic) bond motifs is 1. The van der Waals surface area contributed by atoms with Crippen molar-refractivity contribution < 1.29 is 4.74 Å². The maximum absolute atomic E-state index is 5.76. The number of aromatic nitrogens is 4. The minimum atomic E-state index is 0.294. The van der Waals surface area contributed by atoms with Crippen LogP contribution in [0.4, 0.5) is 0 Å². The molecule has 112 valence electrons. The molecule has 2 aromatic carbocycles. The maximum atomic E-state index is 5.76. The summed E-state index contributed by atoms with van der Waals surface area (Å²) >= 11 is 0. The van der Waals surface area contributed by atoms with Gasteiger partial charge in [-0.1, -0.05) is 42.5 Å². The Labute approximate surface area is 133 Å². The van der Waals surface area contributed by atoms with Crippen molar-refractivity contribution in [2.45, 2.75) is 6.54 Å². The standard InChI is InChI=1S/C18H14N4O/c1-2-7-14(8-3-1)13-22-16-10-5-4-9-15(16)17(21-22)23-18-19-11-6-12-20-18/h1-12H,13H2. The van der Waals surface area contributed by atoms with Crippen molar-refractivity contribution in [1.82, 2.24) is 19.7 Å². The average Bonchev–Trinajstić information content (AvgIpc) is 2.95. The first-order valence-electron chi connectivity index (χ1n) is 7.34. The van der Waals surface area contributed by atoms with E-state index in [-0.39, 0.29) is 0 Å². The molecule has 5 nitrogen and oxygen atoms in total. The molecule has 0 bridgehead atoms. The molecule has 0 spiro atoms. The van der Waals surface area contributed by atoms with E-state index in [1.54, 1.807) is 18.5 Å². The SMILES string of the molecule is c1ccc(Cn2nc(Oc3ncccn3)c3ccccc32)cc1. The van der Waals surface area contributed by atoms with Crippen LogP contribution in [0.2, 0.25) is 0 Å². The second kappa shape index (κ2) is 5.88. The van der Waals surface area contributed by atoms with Crippen LogP contribution in [0.1, 0.15) is 5.56 Å². The fraction of sp³-hybridized carbons (Fsp3) is 0.0556. The Balaban J connectivity index is 1.74. The monoisotopic (exact) mass is 302 g/mol. The molecule has 0 N–H and O–H groups in total. The van der Waals surface area contributed by atoms with Crippen molar-refractivity contribution >= 4 is 10.9 Å². The molecule has 0 radical (unpaired) electrons. The van der Waals surface area contributed by atoms with Gasteiger partial charge in [0.25, 0.3) is 0 Å². The highest BCUT2D eigenvalue weighted by molar-refractivity contribution is 5.84. The number of nitrogens with zero attached hydrogens (tertiary/aromatic N) is 4. The molecule has 0 aliphatic rings. The van der Waals surface area contributed by atoms with Gasteiger partial charge in [0, 0.05) is 12.4 Å². The third-order valence-electron chi connectivity index (χ3n) is 3.53. The van der Waals surface area contributed by atoms with E-state index in [1.807, 2.05) is 47.1 Å². The van der Waals surface area contributed by atoms with Gasteiger partial charge in [-0.25, -0.2) is 9.97 Å². The summed E-state index contributed by atoms with van der Waals surface area (Å²) in [6.45, 7) is 0.681. The highest BCUT2D eigenvalue weighted by Crippen LogP contribution is 2.27. The highest BCUT2D eigenvalue weighted by Gasteiger charge is 2.13. The third-order valence-corrected chi connectivity index (χ3v) is 3.53. The molecule has 4 aromatic rings. The molecule has 0 aliphatic heterocycles. The second-order valence-corrected chi connectivity index (χ2v) is 5.10. The number of rotatable bonds is 4. The van der Waals surface area contributed by atoms with E-state index in [9.17, 15) is 0 Å². The lowest BCUT2D eigenvalue weighted by Crippen LogP contribution is -2.01. The number of benzene rings is 2. The first kappa shape index (κ1) is 13.5. The smallest absolute Gasteiger partial charge is 0.323 e. The Bertz CT molecular complexity index is 844. The predicted octanol–water partition coefficient (Wildman–Crippen LogP) is 3.67. The lowest BCUT2D eigenvalue weighted by Gasteiger charge is -2.03. The first-order valence-corrected chi connectivity index (χ1v) is 7.34. The Morgan fingerprint density at radius 3 is 2.39 bits per heavy atom. The van der Waals surface area contributed by atoms with Crippen LogP contribution in [0.5, 0.6) is 11.9 Å². The number of ether oxygens (including phenoxy) is 1. The van der Waals surface area contributed by atoms with Crippen LogP contribution in [0.15, 0.2) is 73.1 Å². The molecule has 0 saturated heterocycles. The van der Waals surface area contributed by atoms with Gasteiger partial charge in [0.2, 0.25) is 5.88 Å². The molecule has 0 atom stereocenters. The minimum absolute atomic E-state index is 0.294. The Kier molecular flexibility index (Phi) is 3.44. The van der Waals surface area contributed by atoms with E-state index < -0.39 is 0 Å². The zero-order valence-corrected chi connectivity index (χ0v) is 12.3. The van der Waals surface area contributed by atoms with Gasteiger partial charge in [-0.3, -0.25) is 4.68 Å². The summed E-state index contributed by atoms with van der Waals surface area (Å²) in [4.78, 5) is 8.18. The molecule has 0 amide bonds. The fourth-order valence-corrected chi connectivity index (χ4v) is 2.47. The van der Waals surface area contributed by atoms with E-state index >= 15 is 0 Å². The van der Waals surface area contributed by atoms with Gasteiger partial charge in [0.1, 0.15) is 0 Å². The van der Waals surface area contributed by atoms with E-state index in [2.05, 4.69) is 27.2 Å². The third kappa shape index (κ3) is 2.76. The van der Waals surface area contributed by atoms with Crippen LogP contribution in [-0.4, -0.2) is 19.7 Å². The van der Waals surface area contributed by atoms with Gasteiger partial charge < -0.3 is 4.74 Å². The molecule has 0 fully saturated rings. The zero-order chi connectivity index (χ0) is 15.5. The summed E-state index contributed by atoms with van der Waals surface area (Å²) < 4.78 is 7.69. The van der Waals surface area contributed by atoms with E-state index in [0.29, 0.717) is 18.4 Å². The molecule has 5 heteroatoms. The van der Waals surface area contributed by atoms with Gasteiger partial charge in [-0.05, 0) is 23.8 Å². The summed E-state index contributed by atoms with van der Waals surface area (Å²) in [6.07, 6.45) is 3.29. The maximum Gasteiger partial charge on any atom is 0.323 e. The van der Waals surface area contributed by atoms with Crippen molar-refractivity contribution in [2.75, 3.05) is 0 Å². The normalized spacial score (nSPS) is 10.8. The largest absolute Gasteiger partial charge is 0.403 e. The van der Waals surface area contributed by atoms with Crippen LogP contribution < -0.4 is 4.74 Å². The Morgan fingerprint density at radius 1 is 0.826 bits per heavy atom. The number of hydrogen-bond donors (Lipinski definition) is 0. The van der Waals surface area contributed by atoms with Crippen molar-refractivity contribution in [3.63, 3.8) is 0 Å². The van der Waals surface area contributed by atoms with Crippen LogP contribution in [0, 0.1) is 0 Å². The lowest BCUT2D eigenvalue weighted by molar-refractivity contribution is 0.420. The van der Waals surface area contributed by atoms with Crippen LogP contribution in [0.3, 0.4) is 0 Å². The van der Waals surface area contributed by atoms with Crippen LogP contribution in [-0.2, 0) is 6.54 Å². The summed E-state index contributed by atoms with van der Waals surface area (Å²) in [5.74, 6) is 0.516. The highest BCUT2D eigenvalue weighted by atomic mass is 16.5. The number of hydrogen-bond acceptors (Lipinski definition) is 4. The van der Waals surface area contributed by atoms with Crippen LogP contribution >= 0.6 is 0 Å². The van der Waals surface area contributed by atoms with Crippen molar-refractivity contribution in [1.29, 1.82) is 0 Å². The predicted molar refractivity (Wildman–Crippen MR) is 87.4 cm³/mol. The molecule has 4 rings (SSSR count). The first-order chi connectivity index (χ1) is 11.4. The quantitative estimate of drug-likeness (QED) is 0.577. The molecule has 23 heavy (non-hydrogen) atoms. The second-order valence-electron chi connectivity index (χ2n) is 5.10. The lowest BCUT2D eigenvalue weighted by atomic mass is 10.2. The molecular weight excluding hydrogens is 288 g/mol. The van der Waals surface area contributed by atoms with Crippen molar-refractivity contribution in [3.05, 3.63) is 78.6 Å². The summed E-state index contributed by atoms with van der Waals surface area (Å²) in [6, 6.07) is 20.2. The molecule has 0 saturated carbocycles. The summed E-state index contributed by atoms with van der Waals surface area (Å²) in [7, 11) is 0. The molecule has 0 aliphatic carbocycles. The van der Waals surface area contributed by atoms with Gasteiger partial charge >= 0.3 is 6.01 Å². The van der Waals surface area contributed by atoms with Gasteiger partial charge in [-0.15, -0.1) is 5.10 Å². The zero-order valence-electron chi connectivity index (χ0n) is 12.3. The summed E-state index contributed by atoms with van der Waals surface area (Å²) in [5.41, 5.74) is 2.20. The molecule has 2 aromatic heterocycles. The Morgan fingerprint density at radius 2 is 1.57 bits per heavy atom. The van der Waals surface area contributed by atoms with Gasteiger partial charge in [0.15, 0.2) is 0 Å². The Hall–Kier alpha value is -3.21. The average molecular weight is 302 g/mol. The molecule has 0 unspecified atom stereocenters. The van der Waals surface area contributed by atoms with E-state index in [1.165, 1.54) is 5.56 Å². The van der Waals surface area contributed by atoms with E-state index in [0.717, 1.165) is 10.9 Å². The van der Waals surface area contributed by atoms with Gasteiger partial charge in [0.05, 0.1) is 17.4 Å². The topological polar surface area (TPSA) is 52.8 Å². The molecule has 2 heterocycles. The fourth-order valence-electron chi connectivity index (χ4n) is 2.47. The van der Waals surface area contributed by atoms with Crippen molar-refractivity contribution in [2.24, 2.45) is 0 Å². The van der Waals surface area contributed by atoms with E-state index in [4.69, 9.17) is 4.74 Å². The van der Waals surface area contributed by atoms with Crippen molar-refractivity contribution in [3.8, 4) is 11.9 Å². The minimum Gasteiger partial charge on any atom is -0.403 e.